The lowest BCUT2D eigenvalue weighted by molar-refractivity contribution is -0.132. The molecule has 1 aliphatic heterocycles. The lowest BCUT2D eigenvalue weighted by atomic mass is 9.85. The molecule has 0 aliphatic carbocycles. The second kappa shape index (κ2) is 9.59. The van der Waals surface area contributed by atoms with Crippen LogP contribution in [0.4, 0.5) is 5.69 Å². The van der Waals surface area contributed by atoms with Crippen LogP contribution in [0.15, 0.2) is 78.4 Å². The molecule has 180 valence electrons. The third-order valence-corrected chi connectivity index (χ3v) is 6.30. The van der Waals surface area contributed by atoms with E-state index in [9.17, 15) is 14.7 Å². The van der Waals surface area contributed by atoms with E-state index in [2.05, 4.69) is 20.8 Å². The molecular weight excluding hydrogens is 462 g/mol. The van der Waals surface area contributed by atoms with Crippen LogP contribution in [0, 0.1) is 0 Å². The first-order valence-electron chi connectivity index (χ1n) is 11.5. The minimum absolute atomic E-state index is 0.0228. The summed E-state index contributed by atoms with van der Waals surface area (Å²) in [5.41, 5.74) is 2.71. The SMILES string of the molecule is CCOc1ccc(N2C(=O)C(=O)/C(=C(\O)c3cccc(Cl)c3)C2c2ccc(C(C)(C)C)cc2)cc1. The minimum atomic E-state index is -0.805. The number of benzene rings is 3. The molecule has 1 atom stereocenters. The highest BCUT2D eigenvalue weighted by atomic mass is 35.5. The fourth-order valence-corrected chi connectivity index (χ4v) is 4.43. The first kappa shape index (κ1) is 24.6. The standard InChI is InChI=1S/C29H28ClNO4/c1-5-35-23-15-13-22(14-16-23)31-25(18-9-11-20(12-10-18)29(2,3)4)24(27(33)28(31)34)26(32)19-7-6-8-21(30)17-19/h6-17,25,32H,5H2,1-4H3/b26-24-. The number of hydrogen-bond donors (Lipinski definition) is 1. The van der Waals surface area contributed by atoms with E-state index in [1.807, 2.05) is 31.2 Å². The predicted molar refractivity (Wildman–Crippen MR) is 139 cm³/mol. The molecule has 6 heteroatoms. The van der Waals surface area contributed by atoms with Crippen LogP contribution < -0.4 is 9.64 Å². The Balaban J connectivity index is 1.89. The van der Waals surface area contributed by atoms with Gasteiger partial charge in [0.15, 0.2) is 0 Å². The van der Waals surface area contributed by atoms with Gasteiger partial charge in [-0.1, -0.05) is 68.8 Å². The number of nitrogens with zero attached hydrogens (tertiary/aromatic N) is 1. The van der Waals surface area contributed by atoms with E-state index in [-0.39, 0.29) is 16.7 Å². The van der Waals surface area contributed by atoms with Gasteiger partial charge in [0.2, 0.25) is 0 Å². The number of amides is 1. The summed E-state index contributed by atoms with van der Waals surface area (Å²) in [5.74, 6) is -1.05. The number of aliphatic hydroxyl groups excluding tert-OH is 1. The highest BCUT2D eigenvalue weighted by Gasteiger charge is 2.47. The number of ether oxygens (including phenoxy) is 1. The molecule has 3 aromatic carbocycles. The van der Waals surface area contributed by atoms with Crippen molar-refractivity contribution in [1.82, 2.24) is 0 Å². The van der Waals surface area contributed by atoms with Crippen LogP contribution in [0.2, 0.25) is 5.02 Å². The molecule has 0 saturated carbocycles. The van der Waals surface area contributed by atoms with Gasteiger partial charge in [-0.25, -0.2) is 0 Å². The van der Waals surface area contributed by atoms with E-state index < -0.39 is 17.7 Å². The number of Topliss-reactive ketones (excluding diaryl/α,β-unsaturated/α-hetero) is 1. The minimum Gasteiger partial charge on any atom is -0.507 e. The van der Waals surface area contributed by atoms with Gasteiger partial charge in [-0.3, -0.25) is 14.5 Å². The Morgan fingerprint density at radius 3 is 2.23 bits per heavy atom. The van der Waals surface area contributed by atoms with Gasteiger partial charge in [-0.15, -0.1) is 0 Å². The maximum Gasteiger partial charge on any atom is 0.300 e. The number of halogens is 1. The molecule has 0 radical (unpaired) electrons. The number of ketones is 1. The molecule has 1 heterocycles. The van der Waals surface area contributed by atoms with E-state index in [0.29, 0.717) is 28.6 Å². The number of carbonyl (C=O) groups is 2. The maximum absolute atomic E-state index is 13.3. The Hall–Kier alpha value is -3.57. The number of aliphatic hydroxyl groups is 1. The third kappa shape index (κ3) is 4.82. The average molecular weight is 490 g/mol. The van der Waals surface area contributed by atoms with Gasteiger partial charge in [0.05, 0.1) is 18.2 Å². The van der Waals surface area contributed by atoms with E-state index in [1.54, 1.807) is 48.5 Å². The quantitative estimate of drug-likeness (QED) is 0.247. The molecule has 1 amide bonds. The summed E-state index contributed by atoms with van der Waals surface area (Å²) in [5, 5.41) is 11.6. The highest BCUT2D eigenvalue weighted by Crippen LogP contribution is 2.43. The van der Waals surface area contributed by atoms with Crippen LogP contribution in [0.5, 0.6) is 5.75 Å². The molecule has 1 N–H and O–H groups in total. The van der Waals surface area contributed by atoms with E-state index in [0.717, 1.165) is 11.1 Å². The van der Waals surface area contributed by atoms with Crippen LogP contribution in [0.25, 0.3) is 5.76 Å². The van der Waals surface area contributed by atoms with Gasteiger partial charge in [-0.2, -0.15) is 0 Å². The summed E-state index contributed by atoms with van der Waals surface area (Å²) in [7, 11) is 0. The summed E-state index contributed by atoms with van der Waals surface area (Å²) in [6, 6.07) is 20.6. The van der Waals surface area contributed by atoms with E-state index >= 15 is 0 Å². The van der Waals surface area contributed by atoms with Crippen LogP contribution in [-0.2, 0) is 15.0 Å². The van der Waals surface area contributed by atoms with Crippen molar-refractivity contribution in [2.45, 2.75) is 39.2 Å². The summed E-state index contributed by atoms with van der Waals surface area (Å²) in [6.45, 7) is 8.76. The summed E-state index contributed by atoms with van der Waals surface area (Å²) in [6.07, 6.45) is 0. The normalized spacial score (nSPS) is 17.6. The topological polar surface area (TPSA) is 66.8 Å². The van der Waals surface area contributed by atoms with Gasteiger partial charge < -0.3 is 9.84 Å². The Morgan fingerprint density at radius 1 is 1.00 bits per heavy atom. The zero-order chi connectivity index (χ0) is 25.3. The van der Waals surface area contributed by atoms with E-state index in [1.165, 1.54) is 4.90 Å². The lowest BCUT2D eigenvalue weighted by Gasteiger charge is -2.26. The number of rotatable bonds is 5. The third-order valence-electron chi connectivity index (χ3n) is 6.06. The van der Waals surface area contributed by atoms with Crippen LogP contribution in [0.3, 0.4) is 0 Å². The van der Waals surface area contributed by atoms with Crippen molar-refractivity contribution in [1.29, 1.82) is 0 Å². The second-order valence-corrected chi connectivity index (χ2v) is 9.91. The van der Waals surface area contributed by atoms with Crippen LogP contribution in [-0.4, -0.2) is 23.4 Å². The van der Waals surface area contributed by atoms with E-state index in [4.69, 9.17) is 16.3 Å². The monoisotopic (exact) mass is 489 g/mol. The maximum atomic E-state index is 13.3. The van der Waals surface area contributed by atoms with Gasteiger partial charge in [0.1, 0.15) is 11.5 Å². The zero-order valence-electron chi connectivity index (χ0n) is 20.2. The molecule has 0 spiro atoms. The fourth-order valence-electron chi connectivity index (χ4n) is 4.24. The molecule has 0 bridgehead atoms. The Bertz CT molecular complexity index is 1290. The van der Waals surface area contributed by atoms with Gasteiger partial charge >= 0.3 is 0 Å². The van der Waals surface area contributed by atoms with Gasteiger partial charge in [0, 0.05) is 16.3 Å². The Morgan fingerprint density at radius 2 is 1.66 bits per heavy atom. The molecule has 3 aromatic rings. The molecule has 35 heavy (non-hydrogen) atoms. The molecule has 1 unspecified atom stereocenters. The van der Waals surface area contributed by atoms with Crippen molar-refractivity contribution in [3.8, 4) is 5.75 Å². The lowest BCUT2D eigenvalue weighted by Crippen LogP contribution is -2.29. The predicted octanol–water partition coefficient (Wildman–Crippen LogP) is 6.66. The van der Waals surface area contributed by atoms with Crippen molar-refractivity contribution >= 4 is 34.7 Å². The summed E-state index contributed by atoms with van der Waals surface area (Å²) < 4.78 is 5.52. The van der Waals surface area contributed by atoms with Gasteiger partial charge in [-0.05, 0) is 59.9 Å². The summed E-state index contributed by atoms with van der Waals surface area (Å²) >= 11 is 6.13. The molecule has 1 fully saturated rings. The number of carbonyl (C=O) groups excluding carboxylic acids is 2. The zero-order valence-corrected chi connectivity index (χ0v) is 21.0. The first-order valence-corrected chi connectivity index (χ1v) is 11.9. The highest BCUT2D eigenvalue weighted by molar-refractivity contribution is 6.51. The van der Waals surface area contributed by atoms with Crippen molar-refractivity contribution in [2.24, 2.45) is 0 Å². The second-order valence-electron chi connectivity index (χ2n) is 9.48. The molecule has 1 saturated heterocycles. The largest absolute Gasteiger partial charge is 0.507 e. The van der Waals surface area contributed by atoms with Crippen molar-refractivity contribution in [2.75, 3.05) is 11.5 Å². The number of anilines is 1. The molecule has 0 aromatic heterocycles. The fraction of sp³-hybridized carbons (Fsp3) is 0.241. The molecular formula is C29H28ClNO4. The number of hydrogen-bond acceptors (Lipinski definition) is 4. The van der Waals surface area contributed by atoms with Crippen LogP contribution in [0.1, 0.15) is 50.4 Å². The Labute approximate surface area is 210 Å². The van der Waals surface area contributed by atoms with Crippen molar-refractivity contribution in [3.63, 3.8) is 0 Å². The molecule has 5 nitrogen and oxygen atoms in total. The Kier molecular flexibility index (Phi) is 6.73. The average Bonchev–Trinajstić information content (AvgIpc) is 3.09. The molecule has 4 rings (SSSR count). The summed E-state index contributed by atoms with van der Waals surface area (Å²) in [4.78, 5) is 28.0. The van der Waals surface area contributed by atoms with Gasteiger partial charge in [0.25, 0.3) is 11.7 Å². The first-order chi connectivity index (χ1) is 16.6. The smallest absolute Gasteiger partial charge is 0.300 e. The van der Waals surface area contributed by atoms with Crippen molar-refractivity contribution in [3.05, 3.63) is 100 Å². The van der Waals surface area contributed by atoms with Crippen molar-refractivity contribution < 1.29 is 19.4 Å². The molecule has 1 aliphatic rings. The van der Waals surface area contributed by atoms with Crippen LogP contribution >= 0.6 is 11.6 Å².